The highest BCUT2D eigenvalue weighted by molar-refractivity contribution is 6.33. The van der Waals surface area contributed by atoms with Gasteiger partial charge in [-0.3, -0.25) is 9.59 Å². The molecular weight excluding hydrogens is 290 g/mol. The first-order valence-electron chi connectivity index (χ1n) is 6.89. The van der Waals surface area contributed by atoms with Crippen molar-refractivity contribution in [2.24, 2.45) is 5.73 Å². The Morgan fingerprint density at radius 1 is 1.24 bits per heavy atom. The molecule has 0 radical (unpaired) electrons. The third-order valence-electron chi connectivity index (χ3n) is 2.84. The van der Waals surface area contributed by atoms with Crippen LogP contribution in [0.15, 0.2) is 18.2 Å². The molecule has 0 spiro atoms. The number of halogens is 1. The van der Waals surface area contributed by atoms with Crippen molar-refractivity contribution >= 4 is 34.8 Å². The van der Waals surface area contributed by atoms with Crippen molar-refractivity contribution in [1.82, 2.24) is 0 Å². The van der Waals surface area contributed by atoms with Crippen LogP contribution in [0, 0.1) is 0 Å². The SMILES string of the molecule is CCC(=O)Nc1ccc(Cl)c(NC(=O)CCC(C)(C)N)c1. The fourth-order valence-corrected chi connectivity index (χ4v) is 1.76. The van der Waals surface area contributed by atoms with E-state index in [4.69, 9.17) is 17.3 Å². The second-order valence-corrected chi connectivity index (χ2v) is 6.04. The molecule has 0 aliphatic rings. The Kier molecular flexibility index (Phi) is 6.18. The number of anilines is 2. The Balaban J connectivity index is 2.71. The summed E-state index contributed by atoms with van der Waals surface area (Å²) in [6.45, 7) is 5.50. The fraction of sp³-hybridized carbons (Fsp3) is 0.467. The highest BCUT2D eigenvalue weighted by Crippen LogP contribution is 2.26. The highest BCUT2D eigenvalue weighted by atomic mass is 35.5. The van der Waals surface area contributed by atoms with E-state index in [0.29, 0.717) is 35.7 Å². The average molecular weight is 312 g/mol. The lowest BCUT2D eigenvalue weighted by molar-refractivity contribution is -0.117. The molecule has 0 aromatic heterocycles. The Bertz CT molecular complexity index is 524. The van der Waals surface area contributed by atoms with Crippen LogP contribution >= 0.6 is 11.6 Å². The average Bonchev–Trinajstić information content (AvgIpc) is 2.39. The van der Waals surface area contributed by atoms with Gasteiger partial charge in [-0.25, -0.2) is 0 Å². The molecule has 0 saturated carbocycles. The van der Waals surface area contributed by atoms with Gasteiger partial charge in [-0.1, -0.05) is 18.5 Å². The second kappa shape index (κ2) is 7.43. The van der Waals surface area contributed by atoms with Crippen LogP contribution in [0.2, 0.25) is 5.02 Å². The van der Waals surface area contributed by atoms with E-state index in [9.17, 15) is 9.59 Å². The van der Waals surface area contributed by atoms with E-state index in [1.807, 2.05) is 13.8 Å². The molecule has 2 amide bonds. The van der Waals surface area contributed by atoms with Crippen LogP contribution in [0.4, 0.5) is 11.4 Å². The summed E-state index contributed by atoms with van der Waals surface area (Å²) in [4.78, 5) is 23.3. The monoisotopic (exact) mass is 311 g/mol. The number of nitrogens with two attached hydrogens (primary N) is 1. The fourth-order valence-electron chi connectivity index (χ4n) is 1.60. The van der Waals surface area contributed by atoms with Crippen LogP contribution in [-0.2, 0) is 9.59 Å². The lowest BCUT2D eigenvalue weighted by atomic mass is 10.00. The molecule has 6 heteroatoms. The van der Waals surface area contributed by atoms with E-state index in [1.165, 1.54) is 0 Å². The first kappa shape index (κ1) is 17.5. The number of benzene rings is 1. The maximum absolute atomic E-state index is 11.9. The molecular formula is C15H22ClN3O2. The summed E-state index contributed by atoms with van der Waals surface area (Å²) in [6, 6.07) is 4.96. The van der Waals surface area contributed by atoms with E-state index in [0.717, 1.165) is 0 Å². The zero-order valence-corrected chi connectivity index (χ0v) is 13.4. The van der Waals surface area contributed by atoms with Crippen molar-refractivity contribution in [2.75, 3.05) is 10.6 Å². The summed E-state index contributed by atoms with van der Waals surface area (Å²) in [5.74, 6) is -0.256. The molecule has 1 aromatic rings. The Morgan fingerprint density at radius 3 is 2.48 bits per heavy atom. The highest BCUT2D eigenvalue weighted by Gasteiger charge is 2.14. The first-order chi connectivity index (χ1) is 9.71. The number of hydrogen-bond acceptors (Lipinski definition) is 3. The van der Waals surface area contributed by atoms with E-state index < -0.39 is 5.54 Å². The van der Waals surface area contributed by atoms with Crippen LogP contribution in [0.5, 0.6) is 0 Å². The number of carbonyl (C=O) groups is 2. The largest absolute Gasteiger partial charge is 0.326 e. The molecule has 5 nitrogen and oxygen atoms in total. The van der Waals surface area contributed by atoms with Crippen LogP contribution in [-0.4, -0.2) is 17.4 Å². The van der Waals surface area contributed by atoms with Crippen LogP contribution in [0.1, 0.15) is 40.0 Å². The first-order valence-corrected chi connectivity index (χ1v) is 7.27. The minimum atomic E-state index is -0.391. The zero-order chi connectivity index (χ0) is 16.0. The zero-order valence-electron chi connectivity index (χ0n) is 12.6. The van der Waals surface area contributed by atoms with Crippen LogP contribution in [0.3, 0.4) is 0 Å². The second-order valence-electron chi connectivity index (χ2n) is 5.63. The minimum absolute atomic E-state index is 0.0977. The van der Waals surface area contributed by atoms with Gasteiger partial charge in [0.2, 0.25) is 11.8 Å². The molecule has 0 aliphatic carbocycles. The van der Waals surface area contributed by atoms with Gasteiger partial charge in [-0.05, 0) is 38.5 Å². The summed E-state index contributed by atoms with van der Waals surface area (Å²) in [7, 11) is 0. The molecule has 0 heterocycles. The van der Waals surface area contributed by atoms with E-state index in [-0.39, 0.29) is 11.8 Å². The van der Waals surface area contributed by atoms with Crippen molar-refractivity contribution in [3.8, 4) is 0 Å². The third kappa shape index (κ3) is 6.60. The predicted octanol–water partition coefficient (Wildman–Crippen LogP) is 3.14. The van der Waals surface area contributed by atoms with Gasteiger partial charge in [0.1, 0.15) is 0 Å². The summed E-state index contributed by atoms with van der Waals surface area (Å²) >= 11 is 6.05. The van der Waals surface area contributed by atoms with E-state index >= 15 is 0 Å². The van der Waals surface area contributed by atoms with Crippen molar-refractivity contribution < 1.29 is 9.59 Å². The summed E-state index contributed by atoms with van der Waals surface area (Å²) in [5.41, 5.74) is 6.53. The quantitative estimate of drug-likeness (QED) is 0.754. The lowest BCUT2D eigenvalue weighted by Gasteiger charge is -2.18. The molecule has 0 saturated heterocycles. The van der Waals surface area contributed by atoms with Gasteiger partial charge in [-0.15, -0.1) is 0 Å². The molecule has 4 N–H and O–H groups in total. The van der Waals surface area contributed by atoms with Crippen LogP contribution in [0.25, 0.3) is 0 Å². The molecule has 0 bridgehead atoms. The number of amides is 2. The van der Waals surface area contributed by atoms with Crippen molar-refractivity contribution in [1.29, 1.82) is 0 Å². The predicted molar refractivity (Wildman–Crippen MR) is 86.5 cm³/mol. The molecule has 21 heavy (non-hydrogen) atoms. The lowest BCUT2D eigenvalue weighted by Crippen LogP contribution is -2.33. The Hall–Kier alpha value is -1.59. The van der Waals surface area contributed by atoms with Gasteiger partial charge < -0.3 is 16.4 Å². The van der Waals surface area contributed by atoms with Crippen molar-refractivity contribution in [2.45, 2.75) is 45.6 Å². The Labute approximate surface area is 130 Å². The maximum Gasteiger partial charge on any atom is 0.224 e. The summed E-state index contributed by atoms with van der Waals surface area (Å²) < 4.78 is 0. The van der Waals surface area contributed by atoms with Gasteiger partial charge in [-0.2, -0.15) is 0 Å². The molecule has 0 fully saturated rings. The molecule has 1 aromatic carbocycles. The van der Waals surface area contributed by atoms with Gasteiger partial charge in [0, 0.05) is 24.1 Å². The van der Waals surface area contributed by atoms with Gasteiger partial charge in [0.05, 0.1) is 10.7 Å². The van der Waals surface area contributed by atoms with Gasteiger partial charge in [0.15, 0.2) is 0 Å². The number of rotatable bonds is 6. The summed E-state index contributed by atoms with van der Waals surface area (Å²) in [5, 5.41) is 5.88. The molecule has 0 unspecified atom stereocenters. The smallest absolute Gasteiger partial charge is 0.224 e. The van der Waals surface area contributed by atoms with Gasteiger partial charge >= 0.3 is 0 Å². The topological polar surface area (TPSA) is 84.2 Å². The van der Waals surface area contributed by atoms with Crippen LogP contribution < -0.4 is 16.4 Å². The third-order valence-corrected chi connectivity index (χ3v) is 3.17. The summed E-state index contributed by atoms with van der Waals surface area (Å²) in [6.07, 6.45) is 1.27. The van der Waals surface area contributed by atoms with Crippen molar-refractivity contribution in [3.05, 3.63) is 23.2 Å². The number of nitrogens with one attached hydrogen (secondary N) is 2. The Morgan fingerprint density at radius 2 is 1.90 bits per heavy atom. The number of hydrogen-bond donors (Lipinski definition) is 3. The van der Waals surface area contributed by atoms with Crippen molar-refractivity contribution in [3.63, 3.8) is 0 Å². The molecule has 1 rings (SSSR count). The van der Waals surface area contributed by atoms with E-state index in [2.05, 4.69) is 10.6 Å². The molecule has 0 atom stereocenters. The normalized spacial score (nSPS) is 11.1. The maximum atomic E-state index is 11.9. The number of carbonyl (C=O) groups excluding carboxylic acids is 2. The van der Waals surface area contributed by atoms with Gasteiger partial charge in [0.25, 0.3) is 0 Å². The molecule has 0 aliphatic heterocycles. The minimum Gasteiger partial charge on any atom is -0.326 e. The standard InChI is InChI=1S/C15H22ClN3O2/c1-4-13(20)18-10-5-6-11(16)12(9-10)19-14(21)7-8-15(2,3)17/h5-6,9H,4,7-8,17H2,1-3H3,(H,18,20)(H,19,21). The van der Waals surface area contributed by atoms with E-state index in [1.54, 1.807) is 25.1 Å². The molecule has 116 valence electrons.